The number of nitrogens with zero attached hydrogens (tertiary/aromatic N) is 1. The molecule has 4 heteroatoms. The third kappa shape index (κ3) is 3.61. The van der Waals surface area contributed by atoms with E-state index in [1.54, 1.807) is 19.1 Å². The lowest BCUT2D eigenvalue weighted by Crippen LogP contribution is -2.05. The largest absolute Gasteiger partial charge is 0.462 e. The first-order chi connectivity index (χ1) is 10.1. The SMILES string of the molecule is CCOC(=O)/C(C#N)=C\c1ccc(-c2ccc(C)cc2)o1. The summed E-state index contributed by atoms with van der Waals surface area (Å²) in [6, 6.07) is 13.2. The summed E-state index contributed by atoms with van der Waals surface area (Å²) < 4.78 is 10.4. The summed E-state index contributed by atoms with van der Waals surface area (Å²) in [7, 11) is 0. The molecule has 0 spiro atoms. The van der Waals surface area contributed by atoms with Crippen LogP contribution in [0.5, 0.6) is 0 Å². The molecule has 21 heavy (non-hydrogen) atoms. The van der Waals surface area contributed by atoms with Crippen molar-refractivity contribution in [2.24, 2.45) is 0 Å². The molecular formula is C17H15NO3. The van der Waals surface area contributed by atoms with Crippen molar-refractivity contribution in [2.45, 2.75) is 13.8 Å². The molecule has 0 atom stereocenters. The standard InChI is InChI=1S/C17H15NO3/c1-3-20-17(19)14(11-18)10-15-8-9-16(21-15)13-6-4-12(2)5-7-13/h4-10H,3H2,1-2H3/b14-10-. The molecule has 0 aliphatic carbocycles. The van der Waals surface area contributed by atoms with E-state index in [-0.39, 0.29) is 12.2 Å². The lowest BCUT2D eigenvalue weighted by atomic mass is 10.1. The van der Waals surface area contributed by atoms with Gasteiger partial charge in [-0.05, 0) is 26.0 Å². The summed E-state index contributed by atoms with van der Waals surface area (Å²) in [5.41, 5.74) is 2.02. The van der Waals surface area contributed by atoms with Crippen LogP contribution in [0.15, 0.2) is 46.4 Å². The van der Waals surface area contributed by atoms with E-state index in [0.717, 1.165) is 5.56 Å². The minimum absolute atomic E-state index is 0.0818. The minimum atomic E-state index is -0.645. The molecule has 0 aliphatic rings. The van der Waals surface area contributed by atoms with Crippen LogP contribution in [-0.2, 0) is 9.53 Å². The first-order valence-corrected chi connectivity index (χ1v) is 6.60. The van der Waals surface area contributed by atoms with Gasteiger partial charge < -0.3 is 9.15 Å². The molecule has 0 bridgehead atoms. The highest BCUT2D eigenvalue weighted by Gasteiger charge is 2.11. The lowest BCUT2D eigenvalue weighted by molar-refractivity contribution is -0.137. The Hall–Kier alpha value is -2.80. The van der Waals surface area contributed by atoms with Gasteiger partial charge in [-0.15, -0.1) is 0 Å². The van der Waals surface area contributed by atoms with Gasteiger partial charge in [0.2, 0.25) is 0 Å². The van der Waals surface area contributed by atoms with Crippen molar-refractivity contribution in [2.75, 3.05) is 6.61 Å². The van der Waals surface area contributed by atoms with Crippen molar-refractivity contribution >= 4 is 12.0 Å². The topological polar surface area (TPSA) is 63.2 Å². The molecule has 1 aromatic carbocycles. The van der Waals surface area contributed by atoms with Crippen LogP contribution in [0.2, 0.25) is 0 Å². The van der Waals surface area contributed by atoms with Crippen molar-refractivity contribution < 1.29 is 13.9 Å². The smallest absolute Gasteiger partial charge is 0.349 e. The molecule has 0 saturated heterocycles. The normalized spacial score (nSPS) is 11.0. The first kappa shape index (κ1) is 14.6. The number of hydrogen-bond acceptors (Lipinski definition) is 4. The van der Waals surface area contributed by atoms with Crippen molar-refractivity contribution in [1.29, 1.82) is 5.26 Å². The molecule has 1 heterocycles. The van der Waals surface area contributed by atoms with Gasteiger partial charge in [-0.2, -0.15) is 5.26 Å². The molecule has 0 saturated carbocycles. The van der Waals surface area contributed by atoms with Crippen LogP contribution < -0.4 is 0 Å². The van der Waals surface area contributed by atoms with Crippen LogP contribution in [0.3, 0.4) is 0 Å². The van der Waals surface area contributed by atoms with Crippen LogP contribution in [0.4, 0.5) is 0 Å². The summed E-state index contributed by atoms with van der Waals surface area (Å²) in [6.07, 6.45) is 1.38. The van der Waals surface area contributed by atoms with Crippen LogP contribution in [-0.4, -0.2) is 12.6 Å². The van der Waals surface area contributed by atoms with Crippen molar-refractivity contribution in [3.8, 4) is 17.4 Å². The Morgan fingerprint density at radius 3 is 2.62 bits per heavy atom. The maximum absolute atomic E-state index is 11.5. The summed E-state index contributed by atoms with van der Waals surface area (Å²) in [4.78, 5) is 11.5. The molecule has 0 radical (unpaired) electrons. The molecule has 4 nitrogen and oxygen atoms in total. The van der Waals surface area contributed by atoms with Gasteiger partial charge in [0.1, 0.15) is 23.2 Å². The van der Waals surface area contributed by atoms with E-state index < -0.39 is 5.97 Å². The fourth-order valence-corrected chi connectivity index (χ4v) is 1.79. The molecule has 0 unspecified atom stereocenters. The molecular weight excluding hydrogens is 266 g/mol. The molecule has 0 fully saturated rings. The first-order valence-electron chi connectivity index (χ1n) is 6.60. The Morgan fingerprint density at radius 1 is 1.29 bits per heavy atom. The molecule has 2 aromatic rings. The second-order valence-corrected chi connectivity index (χ2v) is 4.46. The fraction of sp³-hybridized carbons (Fsp3) is 0.176. The maximum Gasteiger partial charge on any atom is 0.349 e. The molecule has 106 valence electrons. The minimum Gasteiger partial charge on any atom is -0.462 e. The Labute approximate surface area is 123 Å². The lowest BCUT2D eigenvalue weighted by Gasteiger charge is -1.99. The number of furan rings is 1. The number of esters is 1. The molecule has 1 aromatic heterocycles. The summed E-state index contributed by atoms with van der Waals surface area (Å²) >= 11 is 0. The number of benzene rings is 1. The van der Waals surface area contributed by atoms with Gasteiger partial charge in [0, 0.05) is 11.6 Å². The van der Waals surface area contributed by atoms with Crippen molar-refractivity contribution in [1.82, 2.24) is 0 Å². The zero-order valence-electron chi connectivity index (χ0n) is 11.9. The highest BCUT2D eigenvalue weighted by Crippen LogP contribution is 2.23. The fourth-order valence-electron chi connectivity index (χ4n) is 1.79. The van der Waals surface area contributed by atoms with Gasteiger partial charge in [-0.1, -0.05) is 29.8 Å². The summed E-state index contributed by atoms with van der Waals surface area (Å²) in [5.74, 6) is 0.478. The monoisotopic (exact) mass is 281 g/mol. The molecule has 0 N–H and O–H groups in total. The third-order valence-corrected chi connectivity index (χ3v) is 2.87. The highest BCUT2D eigenvalue weighted by atomic mass is 16.5. The molecule has 2 rings (SSSR count). The average Bonchev–Trinajstić information content (AvgIpc) is 2.94. The Balaban J connectivity index is 2.25. The predicted octanol–water partition coefficient (Wildman–Crippen LogP) is 3.73. The Bertz CT molecular complexity index is 702. The van der Waals surface area contributed by atoms with Gasteiger partial charge in [-0.25, -0.2) is 4.79 Å². The highest BCUT2D eigenvalue weighted by molar-refractivity contribution is 5.97. The predicted molar refractivity (Wildman–Crippen MR) is 79.1 cm³/mol. The Kier molecular flexibility index (Phi) is 4.57. The van der Waals surface area contributed by atoms with E-state index in [4.69, 9.17) is 14.4 Å². The van der Waals surface area contributed by atoms with Crippen LogP contribution in [0, 0.1) is 18.3 Å². The number of aryl methyl sites for hydroxylation is 1. The van der Waals surface area contributed by atoms with E-state index in [2.05, 4.69) is 0 Å². The van der Waals surface area contributed by atoms with E-state index in [9.17, 15) is 4.79 Å². The van der Waals surface area contributed by atoms with E-state index in [0.29, 0.717) is 11.5 Å². The zero-order chi connectivity index (χ0) is 15.2. The van der Waals surface area contributed by atoms with Crippen molar-refractivity contribution in [3.05, 3.63) is 53.3 Å². The number of hydrogen-bond donors (Lipinski definition) is 0. The number of rotatable bonds is 4. The maximum atomic E-state index is 11.5. The molecule has 0 aliphatic heterocycles. The number of carbonyl (C=O) groups is 1. The van der Waals surface area contributed by atoms with Gasteiger partial charge >= 0.3 is 5.97 Å². The van der Waals surface area contributed by atoms with Gasteiger partial charge in [-0.3, -0.25) is 0 Å². The van der Waals surface area contributed by atoms with Crippen LogP contribution >= 0.6 is 0 Å². The van der Waals surface area contributed by atoms with Gasteiger partial charge in [0.15, 0.2) is 0 Å². The van der Waals surface area contributed by atoms with Crippen LogP contribution in [0.1, 0.15) is 18.2 Å². The summed E-state index contributed by atoms with van der Waals surface area (Å²) in [6.45, 7) is 3.93. The quantitative estimate of drug-likeness (QED) is 0.486. The third-order valence-electron chi connectivity index (χ3n) is 2.87. The van der Waals surface area contributed by atoms with E-state index in [1.807, 2.05) is 37.3 Å². The number of carbonyl (C=O) groups excluding carboxylic acids is 1. The number of ether oxygens (including phenoxy) is 1. The second kappa shape index (κ2) is 6.58. The van der Waals surface area contributed by atoms with Gasteiger partial charge in [0.25, 0.3) is 0 Å². The molecule has 0 amide bonds. The average molecular weight is 281 g/mol. The zero-order valence-corrected chi connectivity index (χ0v) is 11.9. The summed E-state index contributed by atoms with van der Waals surface area (Å²) in [5, 5.41) is 8.98. The number of nitriles is 1. The van der Waals surface area contributed by atoms with Gasteiger partial charge in [0.05, 0.1) is 6.61 Å². The van der Waals surface area contributed by atoms with E-state index >= 15 is 0 Å². The second-order valence-electron chi connectivity index (χ2n) is 4.46. The van der Waals surface area contributed by atoms with Crippen molar-refractivity contribution in [3.63, 3.8) is 0 Å². The Morgan fingerprint density at radius 2 is 2.00 bits per heavy atom. The van der Waals surface area contributed by atoms with E-state index in [1.165, 1.54) is 11.6 Å². The van der Waals surface area contributed by atoms with Crippen LogP contribution in [0.25, 0.3) is 17.4 Å².